The van der Waals surface area contributed by atoms with Gasteiger partial charge in [-0.25, -0.2) is 4.39 Å². The zero-order valence-electron chi connectivity index (χ0n) is 17.0. The molecule has 1 saturated heterocycles. The number of aliphatic hydroxyl groups is 1. The zero-order chi connectivity index (χ0) is 20.9. The Labute approximate surface area is 172 Å². The van der Waals surface area contributed by atoms with Crippen molar-refractivity contribution in [1.29, 1.82) is 0 Å². The fraction of sp³-hybridized carbons (Fsp3) is 0.591. The van der Waals surface area contributed by atoms with E-state index >= 15 is 0 Å². The van der Waals surface area contributed by atoms with E-state index in [-0.39, 0.29) is 10.9 Å². The van der Waals surface area contributed by atoms with Gasteiger partial charge in [-0.3, -0.25) is 9.59 Å². The van der Waals surface area contributed by atoms with Gasteiger partial charge >= 0.3 is 0 Å². The summed E-state index contributed by atoms with van der Waals surface area (Å²) >= 11 is 5.17. The molecule has 154 valence electrons. The molecule has 1 aromatic rings. The maximum atomic E-state index is 13.4. The molecule has 1 aromatic carbocycles. The Morgan fingerprint density at radius 3 is 2.64 bits per heavy atom. The second-order valence-corrected chi connectivity index (χ2v) is 8.69. The predicted molar refractivity (Wildman–Crippen MR) is 112 cm³/mol. The summed E-state index contributed by atoms with van der Waals surface area (Å²) in [6, 6.07) is 6.40. The van der Waals surface area contributed by atoms with Gasteiger partial charge in [0.2, 0.25) is 5.78 Å². The first-order valence-corrected chi connectivity index (χ1v) is 10.4. The topological polar surface area (TPSA) is 57.6 Å². The van der Waals surface area contributed by atoms with E-state index in [4.69, 9.17) is 12.2 Å². The zero-order valence-corrected chi connectivity index (χ0v) is 17.8. The number of amides is 1. The van der Waals surface area contributed by atoms with Crippen molar-refractivity contribution >= 4 is 29.0 Å². The molecule has 1 amide bonds. The standard InChI is InChI=1S/C22H30FNO3S/c1-4-21(2,3)18(25)19(26)24-14-6-5-12-22(24,20(27)28)13-8-10-16-9-7-11-17(23)15-16/h7,9,11,15H,4-6,8,10,12-14H2,1-3H3,(H,27,28). The van der Waals surface area contributed by atoms with Gasteiger partial charge in [-0.05, 0) is 74.9 Å². The Hall–Kier alpha value is -1.82. The summed E-state index contributed by atoms with van der Waals surface area (Å²) in [6.07, 6.45) is 4.39. The summed E-state index contributed by atoms with van der Waals surface area (Å²) in [5.74, 6) is -1.29. The van der Waals surface area contributed by atoms with E-state index < -0.39 is 22.6 Å². The van der Waals surface area contributed by atoms with Crippen LogP contribution in [0.3, 0.4) is 0 Å². The van der Waals surface area contributed by atoms with Crippen LogP contribution in [0, 0.1) is 11.2 Å². The molecule has 1 heterocycles. The number of carbonyl (C=O) groups excluding carboxylic acids is 2. The lowest BCUT2D eigenvalue weighted by Crippen LogP contribution is -2.61. The monoisotopic (exact) mass is 407 g/mol. The van der Waals surface area contributed by atoms with Crippen molar-refractivity contribution in [3.05, 3.63) is 35.6 Å². The number of carbonyl (C=O) groups is 2. The highest BCUT2D eigenvalue weighted by Gasteiger charge is 2.48. The molecule has 0 aliphatic carbocycles. The fourth-order valence-electron chi connectivity index (χ4n) is 3.77. The molecule has 1 unspecified atom stereocenters. The van der Waals surface area contributed by atoms with Crippen molar-refractivity contribution in [1.82, 2.24) is 4.90 Å². The Morgan fingerprint density at radius 1 is 1.32 bits per heavy atom. The minimum absolute atomic E-state index is 0.234. The number of Topliss-reactive ketones (excluding diaryl/α,β-unsaturated/α-hetero) is 1. The highest BCUT2D eigenvalue weighted by Crippen LogP contribution is 2.36. The summed E-state index contributed by atoms with van der Waals surface area (Å²) < 4.78 is 13.4. The number of ketones is 1. The Morgan fingerprint density at radius 2 is 2.04 bits per heavy atom. The summed E-state index contributed by atoms with van der Waals surface area (Å²) in [4.78, 5) is 27.3. The minimum atomic E-state index is -1.00. The molecule has 1 N–H and O–H groups in total. The molecule has 0 aromatic heterocycles. The third-order valence-electron chi connectivity index (χ3n) is 6.02. The number of aliphatic hydroxyl groups excluding tert-OH is 1. The van der Waals surface area contributed by atoms with Gasteiger partial charge in [-0.1, -0.05) is 32.9 Å². The maximum Gasteiger partial charge on any atom is 0.291 e. The fourth-order valence-corrected chi connectivity index (χ4v) is 4.09. The molecule has 1 atom stereocenters. The predicted octanol–water partition coefficient (Wildman–Crippen LogP) is 4.79. The van der Waals surface area contributed by atoms with Gasteiger partial charge in [0.25, 0.3) is 5.91 Å². The average Bonchev–Trinajstić information content (AvgIpc) is 2.67. The average molecular weight is 408 g/mol. The summed E-state index contributed by atoms with van der Waals surface area (Å²) in [7, 11) is 0. The van der Waals surface area contributed by atoms with Crippen LogP contribution in [0.2, 0.25) is 0 Å². The minimum Gasteiger partial charge on any atom is -0.500 e. The van der Waals surface area contributed by atoms with Crippen LogP contribution in [0.15, 0.2) is 24.3 Å². The second-order valence-electron chi connectivity index (χ2n) is 8.30. The highest BCUT2D eigenvalue weighted by atomic mass is 32.1. The number of benzene rings is 1. The normalized spacial score (nSPS) is 20.1. The molecule has 1 aliphatic heterocycles. The lowest BCUT2D eigenvalue weighted by molar-refractivity contribution is -0.153. The van der Waals surface area contributed by atoms with E-state index in [1.807, 2.05) is 13.0 Å². The van der Waals surface area contributed by atoms with Gasteiger partial charge in [-0.15, -0.1) is 0 Å². The summed E-state index contributed by atoms with van der Waals surface area (Å²) in [5.41, 5.74) is -0.896. The first-order valence-electron chi connectivity index (χ1n) is 9.98. The first-order chi connectivity index (χ1) is 13.1. The highest BCUT2D eigenvalue weighted by molar-refractivity contribution is 7.80. The molecule has 0 bridgehead atoms. The van der Waals surface area contributed by atoms with Gasteiger partial charge < -0.3 is 10.0 Å². The molecule has 1 fully saturated rings. The van der Waals surface area contributed by atoms with E-state index in [0.717, 1.165) is 18.4 Å². The molecule has 2 rings (SSSR count). The molecule has 0 spiro atoms. The number of halogens is 1. The van der Waals surface area contributed by atoms with Gasteiger partial charge in [-0.2, -0.15) is 0 Å². The summed E-state index contributed by atoms with van der Waals surface area (Å²) in [5, 5.41) is 10.2. The van der Waals surface area contributed by atoms with E-state index in [9.17, 15) is 19.1 Å². The maximum absolute atomic E-state index is 13.4. The molecular formula is C22H30FNO3S. The number of piperidine rings is 1. The number of likely N-dealkylation sites (tertiary alicyclic amines) is 1. The van der Waals surface area contributed by atoms with E-state index in [2.05, 4.69) is 0 Å². The lowest BCUT2D eigenvalue weighted by Gasteiger charge is -2.46. The number of hydrogen-bond acceptors (Lipinski definition) is 3. The van der Waals surface area contributed by atoms with Gasteiger partial charge in [0, 0.05) is 12.0 Å². The van der Waals surface area contributed by atoms with Crippen LogP contribution in [0.1, 0.15) is 64.9 Å². The molecule has 6 heteroatoms. The Bertz CT molecular complexity index is 749. The van der Waals surface area contributed by atoms with Gasteiger partial charge in [0.05, 0.1) is 0 Å². The molecule has 28 heavy (non-hydrogen) atoms. The SMILES string of the molecule is CCC(C)(C)C(=O)C(=O)N1CCCCC1(CCCc1cccc(F)c1)C(O)=S. The van der Waals surface area contributed by atoms with Gasteiger partial charge in [0.15, 0.2) is 5.05 Å². The van der Waals surface area contributed by atoms with E-state index in [1.165, 1.54) is 17.0 Å². The van der Waals surface area contributed by atoms with Crippen molar-refractivity contribution in [2.75, 3.05) is 6.54 Å². The second kappa shape index (κ2) is 9.12. The van der Waals surface area contributed by atoms with Crippen LogP contribution in [-0.2, 0) is 16.0 Å². The Balaban J connectivity index is 2.21. The first kappa shape index (κ1) is 22.5. The quantitative estimate of drug-likeness (QED) is 0.497. The number of thiocarbonyl (C=S) groups is 1. The van der Waals surface area contributed by atoms with Crippen LogP contribution < -0.4 is 0 Å². The van der Waals surface area contributed by atoms with E-state index in [0.29, 0.717) is 38.6 Å². The molecule has 1 aliphatic rings. The lowest BCUT2D eigenvalue weighted by atomic mass is 9.79. The van der Waals surface area contributed by atoms with Crippen molar-refractivity contribution in [2.45, 2.75) is 71.3 Å². The number of hydrogen-bond donors (Lipinski definition) is 1. The van der Waals surface area contributed by atoms with Crippen molar-refractivity contribution in [3.63, 3.8) is 0 Å². The Kier molecular flexibility index (Phi) is 7.32. The van der Waals surface area contributed by atoms with E-state index in [1.54, 1.807) is 19.9 Å². The number of nitrogens with zero attached hydrogens (tertiary/aromatic N) is 1. The van der Waals surface area contributed by atoms with Crippen LogP contribution in [0.4, 0.5) is 4.39 Å². The van der Waals surface area contributed by atoms with Crippen LogP contribution >= 0.6 is 12.2 Å². The van der Waals surface area contributed by atoms with Crippen molar-refractivity contribution in [3.8, 4) is 0 Å². The molecule has 4 nitrogen and oxygen atoms in total. The third-order valence-corrected chi connectivity index (χ3v) is 6.40. The van der Waals surface area contributed by atoms with Crippen LogP contribution in [-0.4, -0.2) is 38.8 Å². The van der Waals surface area contributed by atoms with Crippen LogP contribution in [0.5, 0.6) is 0 Å². The summed E-state index contributed by atoms with van der Waals surface area (Å²) in [6.45, 7) is 5.81. The van der Waals surface area contributed by atoms with Crippen molar-refractivity contribution < 1.29 is 19.1 Å². The smallest absolute Gasteiger partial charge is 0.291 e. The number of rotatable bonds is 8. The largest absolute Gasteiger partial charge is 0.500 e. The third kappa shape index (κ3) is 4.77. The van der Waals surface area contributed by atoms with Crippen molar-refractivity contribution in [2.24, 2.45) is 5.41 Å². The number of aryl methyl sites for hydroxylation is 1. The van der Waals surface area contributed by atoms with Crippen LogP contribution in [0.25, 0.3) is 0 Å². The molecule has 0 radical (unpaired) electrons. The molecule has 0 saturated carbocycles. The molecular weight excluding hydrogens is 377 g/mol. The van der Waals surface area contributed by atoms with Gasteiger partial charge in [0.1, 0.15) is 11.4 Å².